The van der Waals surface area contributed by atoms with Gasteiger partial charge in [-0.05, 0) is 13.0 Å². The van der Waals surface area contributed by atoms with Gasteiger partial charge in [-0.3, -0.25) is 10.4 Å². The van der Waals surface area contributed by atoms with Gasteiger partial charge in [0.25, 0.3) is 0 Å². The summed E-state index contributed by atoms with van der Waals surface area (Å²) >= 11 is 0. The Hall–Kier alpha value is -3.29. The van der Waals surface area contributed by atoms with E-state index in [2.05, 4.69) is 31.1 Å². The standard InChI is InChI=1S/C17H18N6O2/c1-2-18-16-11-8-19-15(7-12(11)22-23-16)21-17(24)20-13-9-25-14-6-4-3-5-10(13)14/h3-8,13H,2,9H2,1H3,(H2,18,22,23)(H2,19,20,21,24). The lowest BCUT2D eigenvalue weighted by Gasteiger charge is -2.12. The molecule has 1 aliphatic rings. The van der Waals surface area contributed by atoms with E-state index in [0.29, 0.717) is 12.4 Å². The molecule has 4 N–H and O–H groups in total. The molecule has 3 heterocycles. The fraction of sp³-hybridized carbons (Fsp3) is 0.235. The van der Waals surface area contributed by atoms with Gasteiger partial charge in [-0.2, -0.15) is 5.10 Å². The fourth-order valence-corrected chi connectivity index (χ4v) is 2.88. The van der Waals surface area contributed by atoms with E-state index in [1.807, 2.05) is 31.2 Å². The average Bonchev–Trinajstić information content (AvgIpc) is 3.20. The maximum Gasteiger partial charge on any atom is 0.321 e. The predicted octanol–water partition coefficient (Wildman–Crippen LogP) is 2.64. The van der Waals surface area contributed by atoms with Crippen LogP contribution in [0.2, 0.25) is 0 Å². The third-order valence-corrected chi connectivity index (χ3v) is 4.04. The predicted molar refractivity (Wildman–Crippen MR) is 94.9 cm³/mol. The van der Waals surface area contributed by atoms with Crippen LogP contribution in [0.5, 0.6) is 5.75 Å². The Morgan fingerprint density at radius 2 is 2.28 bits per heavy atom. The van der Waals surface area contributed by atoms with E-state index in [9.17, 15) is 4.79 Å². The monoisotopic (exact) mass is 338 g/mol. The van der Waals surface area contributed by atoms with Crippen LogP contribution in [-0.4, -0.2) is 34.4 Å². The van der Waals surface area contributed by atoms with Gasteiger partial charge in [0.1, 0.15) is 18.2 Å². The highest BCUT2D eigenvalue weighted by Gasteiger charge is 2.25. The van der Waals surface area contributed by atoms with Crippen molar-refractivity contribution in [1.29, 1.82) is 0 Å². The highest BCUT2D eigenvalue weighted by molar-refractivity contribution is 5.94. The molecule has 0 saturated heterocycles. The molecule has 4 rings (SSSR count). The highest BCUT2D eigenvalue weighted by atomic mass is 16.5. The zero-order valence-corrected chi connectivity index (χ0v) is 13.7. The number of carbonyl (C=O) groups excluding carboxylic acids is 1. The Labute approximate surface area is 144 Å². The highest BCUT2D eigenvalue weighted by Crippen LogP contribution is 2.31. The third kappa shape index (κ3) is 2.93. The van der Waals surface area contributed by atoms with Gasteiger partial charge in [0.05, 0.1) is 16.9 Å². The minimum atomic E-state index is -0.330. The topological polar surface area (TPSA) is 104 Å². The molecule has 0 aliphatic carbocycles. The molecule has 2 aromatic heterocycles. The van der Waals surface area contributed by atoms with Crippen molar-refractivity contribution in [1.82, 2.24) is 20.5 Å². The smallest absolute Gasteiger partial charge is 0.321 e. The molecular weight excluding hydrogens is 320 g/mol. The summed E-state index contributed by atoms with van der Waals surface area (Å²) in [4.78, 5) is 16.5. The molecule has 1 atom stereocenters. The molecule has 2 amide bonds. The number of rotatable bonds is 4. The van der Waals surface area contributed by atoms with E-state index >= 15 is 0 Å². The van der Waals surface area contributed by atoms with Crippen LogP contribution in [0.25, 0.3) is 10.9 Å². The average molecular weight is 338 g/mol. The van der Waals surface area contributed by atoms with Gasteiger partial charge in [0.15, 0.2) is 5.82 Å². The van der Waals surface area contributed by atoms with Crippen LogP contribution in [0, 0.1) is 0 Å². The van der Waals surface area contributed by atoms with Crippen molar-refractivity contribution in [3.05, 3.63) is 42.1 Å². The number of hydrogen-bond acceptors (Lipinski definition) is 5. The number of para-hydroxylation sites is 1. The van der Waals surface area contributed by atoms with Crippen LogP contribution < -0.4 is 20.7 Å². The molecule has 1 unspecified atom stereocenters. The minimum Gasteiger partial charge on any atom is -0.491 e. The number of amides is 2. The second-order valence-corrected chi connectivity index (χ2v) is 5.72. The maximum atomic E-state index is 12.3. The quantitative estimate of drug-likeness (QED) is 0.585. The van der Waals surface area contributed by atoms with Gasteiger partial charge in [-0.25, -0.2) is 9.78 Å². The number of pyridine rings is 1. The molecule has 0 radical (unpaired) electrons. The molecule has 0 spiro atoms. The lowest BCUT2D eigenvalue weighted by molar-refractivity contribution is 0.243. The van der Waals surface area contributed by atoms with Gasteiger partial charge in [0.2, 0.25) is 0 Å². The van der Waals surface area contributed by atoms with Crippen LogP contribution in [-0.2, 0) is 0 Å². The molecule has 25 heavy (non-hydrogen) atoms. The zero-order valence-electron chi connectivity index (χ0n) is 13.7. The van der Waals surface area contributed by atoms with Crippen LogP contribution in [0.1, 0.15) is 18.5 Å². The van der Waals surface area contributed by atoms with E-state index in [-0.39, 0.29) is 12.1 Å². The third-order valence-electron chi connectivity index (χ3n) is 4.04. The molecule has 128 valence electrons. The van der Waals surface area contributed by atoms with E-state index in [1.54, 1.807) is 12.3 Å². The lowest BCUT2D eigenvalue weighted by Crippen LogP contribution is -2.33. The van der Waals surface area contributed by atoms with Crippen LogP contribution in [0.3, 0.4) is 0 Å². The number of aromatic amines is 1. The molecule has 1 aliphatic heterocycles. The fourth-order valence-electron chi connectivity index (χ4n) is 2.88. The SMILES string of the molecule is CCNc1n[nH]c2cc(NC(=O)NC3COc4ccccc43)ncc12. The summed E-state index contributed by atoms with van der Waals surface area (Å²) < 4.78 is 5.57. The van der Waals surface area contributed by atoms with Crippen molar-refractivity contribution in [2.75, 3.05) is 23.8 Å². The first-order valence-corrected chi connectivity index (χ1v) is 8.12. The van der Waals surface area contributed by atoms with Crippen LogP contribution in [0.4, 0.5) is 16.4 Å². The van der Waals surface area contributed by atoms with Crippen molar-refractivity contribution in [3.8, 4) is 5.75 Å². The Morgan fingerprint density at radius 3 is 3.16 bits per heavy atom. The second-order valence-electron chi connectivity index (χ2n) is 5.72. The summed E-state index contributed by atoms with van der Waals surface area (Å²) in [6, 6.07) is 8.93. The van der Waals surface area contributed by atoms with E-state index < -0.39 is 0 Å². The number of carbonyl (C=O) groups is 1. The second kappa shape index (κ2) is 6.31. The van der Waals surface area contributed by atoms with Gasteiger partial charge in [-0.1, -0.05) is 18.2 Å². The van der Waals surface area contributed by atoms with Crippen molar-refractivity contribution in [2.24, 2.45) is 0 Å². The summed E-state index contributed by atoms with van der Waals surface area (Å²) in [6.45, 7) is 3.19. The van der Waals surface area contributed by atoms with E-state index in [1.165, 1.54) is 0 Å². The number of hydrogen-bond donors (Lipinski definition) is 4. The Balaban J connectivity index is 1.45. The van der Waals surface area contributed by atoms with Crippen molar-refractivity contribution >= 4 is 28.6 Å². The van der Waals surface area contributed by atoms with Gasteiger partial charge in [0, 0.05) is 24.4 Å². The largest absolute Gasteiger partial charge is 0.491 e. The zero-order chi connectivity index (χ0) is 17.2. The van der Waals surface area contributed by atoms with Gasteiger partial charge < -0.3 is 15.4 Å². The van der Waals surface area contributed by atoms with E-state index in [0.717, 1.165) is 34.6 Å². The minimum absolute atomic E-state index is 0.174. The number of ether oxygens (including phenoxy) is 1. The normalized spacial score (nSPS) is 15.5. The lowest BCUT2D eigenvalue weighted by atomic mass is 10.1. The van der Waals surface area contributed by atoms with Crippen molar-refractivity contribution in [2.45, 2.75) is 13.0 Å². The molecule has 8 nitrogen and oxygen atoms in total. The van der Waals surface area contributed by atoms with E-state index in [4.69, 9.17) is 4.74 Å². The Morgan fingerprint density at radius 1 is 1.40 bits per heavy atom. The molecule has 3 aromatic rings. The number of urea groups is 1. The summed E-state index contributed by atoms with van der Waals surface area (Å²) in [7, 11) is 0. The maximum absolute atomic E-state index is 12.3. The van der Waals surface area contributed by atoms with Crippen molar-refractivity contribution in [3.63, 3.8) is 0 Å². The summed E-state index contributed by atoms with van der Waals surface area (Å²) in [5, 5.41) is 16.8. The molecular formula is C17H18N6O2. The van der Waals surface area contributed by atoms with Gasteiger partial charge >= 0.3 is 6.03 Å². The molecule has 8 heteroatoms. The molecule has 0 fully saturated rings. The number of anilines is 2. The Bertz CT molecular complexity index is 922. The first-order valence-electron chi connectivity index (χ1n) is 8.12. The van der Waals surface area contributed by atoms with Crippen LogP contribution >= 0.6 is 0 Å². The number of benzene rings is 1. The Kier molecular flexibility index (Phi) is 3.85. The first kappa shape index (κ1) is 15.3. The summed E-state index contributed by atoms with van der Waals surface area (Å²) in [5.74, 6) is 2.00. The number of nitrogens with one attached hydrogen (secondary N) is 4. The summed E-state index contributed by atoms with van der Waals surface area (Å²) in [6.07, 6.45) is 1.68. The number of aromatic nitrogens is 3. The summed E-state index contributed by atoms with van der Waals surface area (Å²) in [5.41, 5.74) is 1.78. The molecule has 0 bridgehead atoms. The number of nitrogens with zero attached hydrogens (tertiary/aromatic N) is 2. The number of H-pyrrole nitrogens is 1. The molecule has 1 aromatic carbocycles. The van der Waals surface area contributed by atoms with Crippen molar-refractivity contribution < 1.29 is 9.53 Å². The number of fused-ring (bicyclic) bond motifs is 2. The molecule has 0 saturated carbocycles. The first-order chi connectivity index (χ1) is 12.2. The van der Waals surface area contributed by atoms with Gasteiger partial charge in [-0.15, -0.1) is 0 Å². The van der Waals surface area contributed by atoms with Crippen LogP contribution in [0.15, 0.2) is 36.5 Å².